The number of carbonyl (C=O) groups is 3. The number of rotatable bonds is 14. The van der Waals surface area contributed by atoms with Gasteiger partial charge in [-0.1, -0.05) is 12.1 Å². The van der Waals surface area contributed by atoms with Crippen molar-refractivity contribution in [3.05, 3.63) is 59.7 Å². The van der Waals surface area contributed by atoms with Gasteiger partial charge in [-0.3, -0.25) is 4.79 Å². The fourth-order valence-electron chi connectivity index (χ4n) is 5.25. The molecule has 284 valence electrons. The number of benzene rings is 2. The molecule has 52 heavy (non-hydrogen) atoms. The van der Waals surface area contributed by atoms with Gasteiger partial charge in [0.05, 0.1) is 14.2 Å². The Morgan fingerprint density at radius 1 is 0.769 bits per heavy atom. The number of ether oxygens (including phenoxy) is 8. The number of hydrogen-bond donors (Lipinski definition) is 7. The van der Waals surface area contributed by atoms with Crippen LogP contribution in [-0.4, -0.2) is 142 Å². The summed E-state index contributed by atoms with van der Waals surface area (Å²) in [6.45, 7) is -1.33. The first-order valence-corrected chi connectivity index (χ1v) is 15.7. The molecule has 2 aliphatic rings. The molecule has 0 spiro atoms. The highest BCUT2D eigenvalue weighted by Crippen LogP contribution is 2.38. The highest BCUT2D eigenvalue weighted by molar-refractivity contribution is 5.88. The number of hydrogen-bond acceptors (Lipinski definition) is 18. The van der Waals surface area contributed by atoms with E-state index >= 15 is 0 Å². The molecule has 2 aromatic carbocycles. The Hall–Kier alpha value is -4.79. The fraction of sp³-hybridized carbons (Fsp3) is 0.441. The average Bonchev–Trinajstić information content (AvgIpc) is 3.38. The molecule has 0 aromatic heterocycles. The first-order chi connectivity index (χ1) is 24.7. The number of carbonyl (C=O) groups excluding carboxylic acids is 3. The van der Waals surface area contributed by atoms with E-state index in [-0.39, 0.29) is 23.0 Å². The monoisotopic (exact) mass is 736 g/mol. The van der Waals surface area contributed by atoms with Crippen LogP contribution in [0.3, 0.4) is 0 Å². The molecule has 7 N–H and O–H groups in total. The molecule has 18 nitrogen and oxygen atoms in total. The van der Waals surface area contributed by atoms with Gasteiger partial charge in [-0.2, -0.15) is 0 Å². The Bertz CT molecular complexity index is 1630. The Morgan fingerprint density at radius 2 is 1.33 bits per heavy atom. The van der Waals surface area contributed by atoms with E-state index in [4.69, 9.17) is 37.9 Å². The zero-order chi connectivity index (χ0) is 38.2. The minimum Gasteiger partial charge on any atom is -0.504 e. The van der Waals surface area contributed by atoms with Crippen LogP contribution in [0.2, 0.25) is 0 Å². The van der Waals surface area contributed by atoms with E-state index in [0.717, 1.165) is 19.1 Å². The Labute approximate surface area is 296 Å². The number of aliphatic hydroxyl groups is 5. The van der Waals surface area contributed by atoms with Crippen molar-refractivity contribution in [3.63, 3.8) is 0 Å². The van der Waals surface area contributed by atoms with Crippen molar-refractivity contribution >= 4 is 30.1 Å². The van der Waals surface area contributed by atoms with Crippen LogP contribution in [0.15, 0.2) is 48.6 Å². The minimum absolute atomic E-state index is 0.114. The number of esters is 3. The third-order valence-electron chi connectivity index (χ3n) is 8.00. The SMILES string of the molecule is COc1cc(C=CC(=O)OC[C@H]2O[C@H](O[C@]3(CO)O[C@H](COC(C)=O)[C@@H](O)[C@@H]3OC(=O)C=Cc3ccc(O)c(OC)c3)[C@H](O)[C@@H](O)[C@@H]2O)ccc1O. The van der Waals surface area contributed by atoms with Gasteiger partial charge in [-0.05, 0) is 47.5 Å². The lowest BCUT2D eigenvalue weighted by atomic mass is 9.98. The van der Waals surface area contributed by atoms with E-state index < -0.39 is 92.5 Å². The first-order valence-electron chi connectivity index (χ1n) is 15.7. The highest BCUT2D eigenvalue weighted by atomic mass is 16.8. The molecule has 0 amide bonds. The molecule has 18 heteroatoms. The zero-order valence-corrected chi connectivity index (χ0v) is 28.1. The molecule has 9 atom stereocenters. The molecule has 0 radical (unpaired) electrons. The molecule has 2 aliphatic heterocycles. The second-order valence-corrected chi connectivity index (χ2v) is 11.6. The molecule has 2 aromatic rings. The molecular formula is C34H40O18. The van der Waals surface area contributed by atoms with E-state index in [9.17, 15) is 50.1 Å². The van der Waals surface area contributed by atoms with Crippen LogP contribution < -0.4 is 9.47 Å². The molecule has 2 fully saturated rings. The predicted octanol–water partition coefficient (Wildman–Crippen LogP) is -0.868. The van der Waals surface area contributed by atoms with Crippen molar-refractivity contribution < 1.29 is 88.0 Å². The minimum atomic E-state index is -2.52. The maximum absolute atomic E-state index is 13.0. The third-order valence-corrected chi connectivity index (χ3v) is 8.00. The van der Waals surface area contributed by atoms with Crippen molar-refractivity contribution in [3.8, 4) is 23.0 Å². The van der Waals surface area contributed by atoms with Crippen molar-refractivity contribution in [1.82, 2.24) is 0 Å². The second kappa shape index (κ2) is 17.6. The smallest absolute Gasteiger partial charge is 0.331 e. The van der Waals surface area contributed by atoms with Crippen LogP contribution in [0.25, 0.3) is 12.2 Å². The van der Waals surface area contributed by atoms with E-state index in [1.807, 2.05) is 0 Å². The van der Waals surface area contributed by atoms with Gasteiger partial charge in [-0.15, -0.1) is 0 Å². The van der Waals surface area contributed by atoms with Crippen LogP contribution in [0.1, 0.15) is 18.1 Å². The van der Waals surface area contributed by atoms with Crippen LogP contribution in [0, 0.1) is 0 Å². The lowest BCUT2D eigenvalue weighted by molar-refractivity contribution is -0.383. The van der Waals surface area contributed by atoms with Crippen LogP contribution in [0.4, 0.5) is 0 Å². The predicted molar refractivity (Wildman–Crippen MR) is 173 cm³/mol. The Morgan fingerprint density at radius 3 is 1.87 bits per heavy atom. The Balaban J connectivity index is 1.50. The lowest BCUT2D eigenvalue weighted by Crippen LogP contribution is -2.63. The number of aromatic hydroxyl groups is 2. The largest absolute Gasteiger partial charge is 0.504 e. The van der Waals surface area contributed by atoms with E-state index in [1.165, 1.54) is 62.8 Å². The molecule has 0 saturated carbocycles. The molecule has 0 unspecified atom stereocenters. The molecule has 4 rings (SSSR count). The summed E-state index contributed by atoms with van der Waals surface area (Å²) in [7, 11) is 2.68. The summed E-state index contributed by atoms with van der Waals surface area (Å²) >= 11 is 0. The molecule has 2 saturated heterocycles. The average molecular weight is 737 g/mol. The Kier molecular flexibility index (Phi) is 13.6. The van der Waals surface area contributed by atoms with Gasteiger partial charge in [0, 0.05) is 19.1 Å². The molecule has 0 bridgehead atoms. The summed E-state index contributed by atoms with van der Waals surface area (Å²) in [5.41, 5.74) is 0.875. The zero-order valence-electron chi connectivity index (χ0n) is 28.1. The van der Waals surface area contributed by atoms with Crippen LogP contribution >= 0.6 is 0 Å². The quantitative estimate of drug-likeness (QED) is 0.0706. The van der Waals surface area contributed by atoms with Gasteiger partial charge in [0.15, 0.2) is 35.4 Å². The van der Waals surface area contributed by atoms with Crippen molar-refractivity contribution in [2.24, 2.45) is 0 Å². The van der Waals surface area contributed by atoms with Gasteiger partial charge in [0.25, 0.3) is 0 Å². The van der Waals surface area contributed by atoms with Crippen LogP contribution in [0.5, 0.6) is 23.0 Å². The van der Waals surface area contributed by atoms with Gasteiger partial charge in [0.1, 0.15) is 56.4 Å². The summed E-state index contributed by atoms with van der Waals surface area (Å²) in [5.74, 6) is -5.24. The van der Waals surface area contributed by atoms with Crippen LogP contribution in [-0.2, 0) is 42.8 Å². The van der Waals surface area contributed by atoms with E-state index in [2.05, 4.69) is 0 Å². The van der Waals surface area contributed by atoms with E-state index in [0.29, 0.717) is 11.1 Å². The maximum atomic E-state index is 13.0. The summed E-state index contributed by atoms with van der Waals surface area (Å²) in [6.07, 6.45) is -9.80. The standard InChI is InChI=1S/C34H40O18/c1-17(36)47-15-25-29(42)32(50-27(40)11-7-19-5-9-21(38)23(13-19)46-3)34(16-35,51-25)52-33-31(44)30(43)28(41)24(49-33)14-48-26(39)10-6-18-4-8-20(37)22(12-18)45-2/h4-13,24-25,28-33,35,37-38,41-44H,14-16H2,1-3H3/t24-,25-,28-,29-,30+,31-,32+,33-,34+/m1/s1. The normalized spacial score (nSPS) is 28.8. The topological polar surface area (TPSA) is 267 Å². The van der Waals surface area contributed by atoms with Gasteiger partial charge < -0.3 is 73.6 Å². The molecular weight excluding hydrogens is 696 g/mol. The van der Waals surface area contributed by atoms with Gasteiger partial charge >= 0.3 is 17.9 Å². The van der Waals surface area contributed by atoms with Crippen molar-refractivity contribution in [1.29, 1.82) is 0 Å². The summed E-state index contributed by atoms with van der Waals surface area (Å²) in [6, 6.07) is 8.51. The number of aliphatic hydroxyl groups excluding tert-OH is 5. The van der Waals surface area contributed by atoms with Gasteiger partial charge in [-0.25, -0.2) is 9.59 Å². The number of phenolic OH excluding ortho intramolecular Hbond substituents is 2. The first kappa shape index (κ1) is 40.0. The lowest BCUT2D eigenvalue weighted by Gasteiger charge is -2.43. The molecule has 2 heterocycles. The second-order valence-electron chi connectivity index (χ2n) is 11.6. The third kappa shape index (κ3) is 9.55. The summed E-state index contributed by atoms with van der Waals surface area (Å²) < 4.78 is 42.7. The number of phenols is 2. The fourth-order valence-corrected chi connectivity index (χ4v) is 5.25. The maximum Gasteiger partial charge on any atom is 0.331 e. The summed E-state index contributed by atoms with van der Waals surface area (Å²) in [5, 5.41) is 73.1. The molecule has 0 aliphatic carbocycles. The van der Waals surface area contributed by atoms with Gasteiger partial charge in [0.2, 0.25) is 5.79 Å². The van der Waals surface area contributed by atoms with Crippen molar-refractivity contribution in [2.45, 2.75) is 61.7 Å². The summed E-state index contributed by atoms with van der Waals surface area (Å²) in [4.78, 5) is 36.9. The number of methoxy groups -OCH3 is 2. The van der Waals surface area contributed by atoms with E-state index in [1.54, 1.807) is 0 Å². The van der Waals surface area contributed by atoms with Crippen molar-refractivity contribution in [2.75, 3.05) is 34.0 Å². The highest BCUT2D eigenvalue weighted by Gasteiger charge is 2.61.